The highest BCUT2D eigenvalue weighted by atomic mass is 28.3. The molecule has 0 unspecified atom stereocenters. The minimum atomic E-state index is -1.66. The van der Waals surface area contributed by atoms with Gasteiger partial charge in [0.05, 0.1) is 16.1 Å². The van der Waals surface area contributed by atoms with Gasteiger partial charge in [-0.05, 0) is 5.20 Å². The molecule has 21 heavy (non-hydrogen) atoms. The fourth-order valence-electron chi connectivity index (χ4n) is 2.96. The van der Waals surface area contributed by atoms with Crippen LogP contribution in [0.5, 0.6) is 0 Å². The Kier molecular flexibility index (Phi) is 6.35. The van der Waals surface area contributed by atoms with E-state index in [2.05, 4.69) is 46.1 Å². The number of carbonyl (C=O) groups excluding carboxylic acids is 1. The van der Waals surface area contributed by atoms with Crippen LogP contribution in [0.4, 0.5) is 0 Å². The number of carbonyl (C=O) groups is 1. The lowest BCUT2D eigenvalue weighted by Gasteiger charge is -2.32. The fourth-order valence-corrected chi connectivity index (χ4v) is 9.75. The van der Waals surface area contributed by atoms with Gasteiger partial charge >= 0.3 is 0 Å². The molecule has 0 saturated carbocycles. The molecule has 0 bridgehead atoms. The lowest BCUT2D eigenvalue weighted by molar-refractivity contribution is 0.104. The molecule has 0 heterocycles. The lowest BCUT2D eigenvalue weighted by atomic mass is 10.1. The number of hydrogen-bond donors (Lipinski definition) is 0. The van der Waals surface area contributed by atoms with E-state index in [0.29, 0.717) is 0 Å². The molecule has 0 fully saturated rings. The number of ketones is 1. The third-order valence-corrected chi connectivity index (χ3v) is 11.5. The molecule has 0 saturated heterocycles. The maximum atomic E-state index is 13.1. The van der Waals surface area contributed by atoms with Gasteiger partial charge in [0.1, 0.15) is 0 Å². The van der Waals surface area contributed by atoms with E-state index in [0.717, 1.165) is 23.7 Å². The van der Waals surface area contributed by atoms with Gasteiger partial charge < -0.3 is 0 Å². The summed E-state index contributed by atoms with van der Waals surface area (Å²) in [6.07, 6.45) is 0. The van der Waals surface area contributed by atoms with Crippen LogP contribution in [-0.2, 0) is 0 Å². The largest absolute Gasteiger partial charge is 0.289 e. The van der Waals surface area contributed by atoms with E-state index in [1.807, 2.05) is 30.3 Å². The Labute approximate surface area is 132 Å². The first kappa shape index (κ1) is 18.1. The second-order valence-electron chi connectivity index (χ2n) is 6.96. The van der Waals surface area contributed by atoms with Crippen LogP contribution in [-0.4, -0.2) is 21.9 Å². The molecule has 0 N–H and O–H groups in total. The Morgan fingerprint density at radius 1 is 0.952 bits per heavy atom. The molecule has 0 atom stereocenters. The Hall–Kier alpha value is -0.936. The Bertz CT molecular complexity index is 485. The highest BCUT2D eigenvalue weighted by Gasteiger charge is 2.36. The van der Waals surface area contributed by atoms with Crippen LogP contribution >= 0.6 is 0 Å². The minimum absolute atomic E-state index is 0.287. The van der Waals surface area contributed by atoms with E-state index in [9.17, 15) is 4.79 Å². The molecule has 0 amide bonds. The normalized spacial score (nSPS) is 13.3. The highest BCUT2D eigenvalue weighted by molar-refractivity contribution is 6.93. The minimum Gasteiger partial charge on any atom is -0.289 e. The van der Waals surface area contributed by atoms with E-state index in [1.165, 1.54) is 5.20 Å². The van der Waals surface area contributed by atoms with Gasteiger partial charge in [-0.25, -0.2) is 0 Å². The van der Waals surface area contributed by atoms with E-state index in [4.69, 9.17) is 0 Å². The van der Waals surface area contributed by atoms with Crippen molar-refractivity contribution in [3.63, 3.8) is 0 Å². The standard InChI is InChI=1S/C18H30OSi2/c1-7-21(8-2,9-3)17(15-20(4,5)6)18(19)16-13-11-10-12-14-16/h10-15H,7-9H2,1-6H3. The Morgan fingerprint density at radius 3 is 1.81 bits per heavy atom. The summed E-state index contributed by atoms with van der Waals surface area (Å²) in [5, 5.41) is 1.19. The summed E-state index contributed by atoms with van der Waals surface area (Å²) in [7, 11) is -3.08. The summed E-state index contributed by atoms with van der Waals surface area (Å²) in [5.74, 6) is 0.287. The predicted octanol–water partition coefficient (Wildman–Crippen LogP) is 5.72. The van der Waals surface area contributed by atoms with E-state index < -0.39 is 16.1 Å². The van der Waals surface area contributed by atoms with Crippen LogP contribution in [0.15, 0.2) is 41.2 Å². The van der Waals surface area contributed by atoms with Crippen molar-refractivity contribution in [2.45, 2.75) is 58.5 Å². The summed E-state index contributed by atoms with van der Waals surface area (Å²) in [4.78, 5) is 13.1. The molecule has 0 aliphatic carbocycles. The average Bonchev–Trinajstić information content (AvgIpc) is 2.47. The SMILES string of the molecule is CC[Si](CC)(CC)C(=C[Si](C)(C)C)C(=O)c1ccccc1. The number of hydrogen-bond acceptors (Lipinski definition) is 1. The zero-order chi connectivity index (χ0) is 16.1. The van der Waals surface area contributed by atoms with Gasteiger partial charge in [-0.15, -0.1) is 0 Å². The van der Waals surface area contributed by atoms with Crippen molar-refractivity contribution in [3.05, 3.63) is 46.8 Å². The first-order chi connectivity index (χ1) is 9.79. The third-order valence-electron chi connectivity index (χ3n) is 4.46. The first-order valence-corrected chi connectivity index (χ1v) is 14.3. The van der Waals surface area contributed by atoms with Crippen LogP contribution in [0.1, 0.15) is 31.1 Å². The van der Waals surface area contributed by atoms with Gasteiger partial charge in [0.15, 0.2) is 5.78 Å². The topological polar surface area (TPSA) is 17.1 Å². The van der Waals surface area contributed by atoms with Gasteiger partial charge in [0, 0.05) is 5.56 Å². The van der Waals surface area contributed by atoms with Crippen molar-refractivity contribution in [2.75, 3.05) is 0 Å². The monoisotopic (exact) mass is 318 g/mol. The zero-order valence-corrected chi connectivity index (χ0v) is 16.5. The summed E-state index contributed by atoms with van der Waals surface area (Å²) in [6.45, 7) is 13.8. The maximum absolute atomic E-state index is 13.1. The number of allylic oxidation sites excluding steroid dienone is 1. The zero-order valence-electron chi connectivity index (χ0n) is 14.5. The number of Topliss-reactive ketones (excluding diaryl/α,β-unsaturated/α-hetero) is 1. The van der Waals surface area contributed by atoms with Crippen molar-refractivity contribution >= 4 is 21.9 Å². The molecule has 0 spiro atoms. The first-order valence-electron chi connectivity index (χ1n) is 8.12. The maximum Gasteiger partial charge on any atom is 0.184 e. The molecular weight excluding hydrogens is 288 g/mol. The third kappa shape index (κ3) is 4.51. The average molecular weight is 319 g/mol. The van der Waals surface area contributed by atoms with Crippen molar-refractivity contribution < 1.29 is 4.79 Å². The molecule has 1 aromatic rings. The fraction of sp³-hybridized carbons (Fsp3) is 0.500. The van der Waals surface area contributed by atoms with Crippen LogP contribution in [0.25, 0.3) is 0 Å². The Balaban J connectivity index is 3.40. The number of rotatable bonds is 7. The Morgan fingerprint density at radius 2 is 1.43 bits per heavy atom. The quantitative estimate of drug-likeness (QED) is 0.357. The molecular formula is C18H30OSi2. The van der Waals surface area contributed by atoms with Gasteiger partial charge in [0.25, 0.3) is 0 Å². The smallest absolute Gasteiger partial charge is 0.184 e. The molecule has 0 aliphatic rings. The van der Waals surface area contributed by atoms with Crippen LogP contribution in [0.2, 0.25) is 37.8 Å². The highest BCUT2D eigenvalue weighted by Crippen LogP contribution is 2.32. The van der Waals surface area contributed by atoms with E-state index in [-0.39, 0.29) is 5.78 Å². The van der Waals surface area contributed by atoms with Crippen molar-refractivity contribution in [1.82, 2.24) is 0 Å². The molecule has 0 radical (unpaired) electrons. The molecule has 1 aromatic carbocycles. The lowest BCUT2D eigenvalue weighted by Crippen LogP contribution is -2.40. The summed E-state index contributed by atoms with van der Waals surface area (Å²) < 4.78 is 0. The molecule has 1 rings (SSSR count). The second kappa shape index (κ2) is 7.36. The summed E-state index contributed by atoms with van der Waals surface area (Å²) >= 11 is 0. The van der Waals surface area contributed by atoms with E-state index in [1.54, 1.807) is 0 Å². The van der Waals surface area contributed by atoms with Crippen molar-refractivity contribution in [2.24, 2.45) is 0 Å². The number of benzene rings is 1. The van der Waals surface area contributed by atoms with Gasteiger partial charge in [-0.3, -0.25) is 4.79 Å². The van der Waals surface area contributed by atoms with Crippen molar-refractivity contribution in [1.29, 1.82) is 0 Å². The molecule has 116 valence electrons. The molecule has 3 heteroatoms. The van der Waals surface area contributed by atoms with Crippen molar-refractivity contribution in [3.8, 4) is 0 Å². The van der Waals surface area contributed by atoms with Crippen LogP contribution in [0.3, 0.4) is 0 Å². The summed E-state index contributed by atoms with van der Waals surface area (Å²) in [6, 6.07) is 13.3. The van der Waals surface area contributed by atoms with Crippen LogP contribution in [0, 0.1) is 0 Å². The molecule has 1 nitrogen and oxygen atoms in total. The second-order valence-corrected chi connectivity index (χ2v) is 17.2. The predicted molar refractivity (Wildman–Crippen MR) is 99.4 cm³/mol. The van der Waals surface area contributed by atoms with Gasteiger partial charge in [-0.2, -0.15) is 0 Å². The molecule has 0 aromatic heterocycles. The van der Waals surface area contributed by atoms with E-state index >= 15 is 0 Å². The van der Waals surface area contributed by atoms with Gasteiger partial charge in [0.2, 0.25) is 0 Å². The van der Waals surface area contributed by atoms with Crippen LogP contribution < -0.4 is 0 Å². The summed E-state index contributed by atoms with van der Waals surface area (Å²) in [5.41, 5.74) is 3.25. The van der Waals surface area contributed by atoms with Gasteiger partial charge in [-0.1, -0.05) is 94.6 Å². The molecule has 0 aliphatic heterocycles.